The zero-order chi connectivity index (χ0) is 13.8. The Hall–Kier alpha value is -1.44. The Labute approximate surface area is 118 Å². The molecular formula is C11H13ClN4O2S. The normalized spacial score (nSPS) is 10.7. The van der Waals surface area contributed by atoms with E-state index in [2.05, 4.69) is 15.4 Å². The van der Waals surface area contributed by atoms with Crippen LogP contribution in [0.1, 0.15) is 10.7 Å². The standard InChI is InChI=1S/C11H13ClN4O2S/c1-7-15-8(6-19-7)4-13-9-5-14-16(2-3-17)11(18)10(9)12/h5-6,13,17H,2-4H2,1H3. The van der Waals surface area contributed by atoms with Crippen molar-refractivity contribution in [3.8, 4) is 0 Å². The molecule has 0 aliphatic heterocycles. The molecule has 0 amide bonds. The van der Waals surface area contributed by atoms with Gasteiger partial charge in [0.2, 0.25) is 0 Å². The molecule has 6 nitrogen and oxygen atoms in total. The van der Waals surface area contributed by atoms with Crippen LogP contribution in [0.3, 0.4) is 0 Å². The maximum atomic E-state index is 11.8. The number of halogens is 1. The molecule has 0 spiro atoms. The van der Waals surface area contributed by atoms with Crippen LogP contribution in [0, 0.1) is 6.92 Å². The van der Waals surface area contributed by atoms with E-state index in [4.69, 9.17) is 16.7 Å². The number of anilines is 1. The first kappa shape index (κ1) is 14.0. The number of aryl methyl sites for hydroxylation is 1. The summed E-state index contributed by atoms with van der Waals surface area (Å²) in [5.41, 5.74) is 0.930. The third-order valence-corrected chi connectivity index (χ3v) is 3.61. The molecule has 2 heterocycles. The van der Waals surface area contributed by atoms with E-state index in [0.717, 1.165) is 15.4 Å². The van der Waals surface area contributed by atoms with Crippen LogP contribution in [-0.4, -0.2) is 26.5 Å². The van der Waals surface area contributed by atoms with Gasteiger partial charge in [0.05, 0.1) is 42.3 Å². The van der Waals surface area contributed by atoms with Gasteiger partial charge in [-0.25, -0.2) is 9.67 Å². The van der Waals surface area contributed by atoms with Crippen LogP contribution in [0.2, 0.25) is 5.02 Å². The quantitative estimate of drug-likeness (QED) is 0.869. The van der Waals surface area contributed by atoms with Gasteiger partial charge in [0.1, 0.15) is 5.02 Å². The first-order chi connectivity index (χ1) is 9.11. The van der Waals surface area contributed by atoms with Crippen molar-refractivity contribution in [2.24, 2.45) is 0 Å². The first-order valence-electron chi connectivity index (χ1n) is 5.63. The van der Waals surface area contributed by atoms with Gasteiger partial charge in [0.25, 0.3) is 5.56 Å². The summed E-state index contributed by atoms with van der Waals surface area (Å²) < 4.78 is 1.13. The van der Waals surface area contributed by atoms with E-state index in [1.54, 1.807) is 11.3 Å². The summed E-state index contributed by atoms with van der Waals surface area (Å²) in [6.45, 7) is 2.38. The number of aromatic nitrogens is 3. The van der Waals surface area contributed by atoms with Crippen LogP contribution in [0.4, 0.5) is 5.69 Å². The van der Waals surface area contributed by atoms with Gasteiger partial charge in [-0.1, -0.05) is 11.6 Å². The van der Waals surface area contributed by atoms with E-state index in [9.17, 15) is 4.79 Å². The molecule has 0 aromatic carbocycles. The summed E-state index contributed by atoms with van der Waals surface area (Å²) >= 11 is 7.53. The van der Waals surface area contributed by atoms with Crippen molar-refractivity contribution in [2.75, 3.05) is 11.9 Å². The molecule has 2 aromatic heterocycles. The molecule has 0 unspecified atom stereocenters. The Balaban J connectivity index is 2.13. The highest BCUT2D eigenvalue weighted by Crippen LogP contribution is 2.17. The minimum absolute atomic E-state index is 0.0652. The largest absolute Gasteiger partial charge is 0.394 e. The van der Waals surface area contributed by atoms with Crippen LogP contribution >= 0.6 is 22.9 Å². The maximum absolute atomic E-state index is 11.8. The zero-order valence-electron chi connectivity index (χ0n) is 10.3. The fourth-order valence-corrected chi connectivity index (χ4v) is 2.34. The lowest BCUT2D eigenvalue weighted by molar-refractivity contribution is 0.266. The molecule has 0 fully saturated rings. The highest BCUT2D eigenvalue weighted by molar-refractivity contribution is 7.09. The number of aliphatic hydroxyl groups is 1. The molecule has 2 aromatic rings. The molecule has 2 N–H and O–H groups in total. The predicted molar refractivity (Wildman–Crippen MR) is 74.8 cm³/mol. The van der Waals surface area contributed by atoms with Gasteiger partial charge < -0.3 is 10.4 Å². The maximum Gasteiger partial charge on any atom is 0.287 e. The minimum atomic E-state index is -0.421. The van der Waals surface area contributed by atoms with Crippen molar-refractivity contribution >= 4 is 28.6 Å². The zero-order valence-corrected chi connectivity index (χ0v) is 11.8. The molecule has 2 rings (SSSR count). The van der Waals surface area contributed by atoms with Gasteiger partial charge in [0, 0.05) is 5.38 Å². The Morgan fingerprint density at radius 2 is 2.37 bits per heavy atom. The second-order valence-electron chi connectivity index (χ2n) is 3.84. The SMILES string of the molecule is Cc1nc(CNc2cnn(CCO)c(=O)c2Cl)cs1. The van der Waals surface area contributed by atoms with Crippen molar-refractivity contribution in [1.82, 2.24) is 14.8 Å². The van der Waals surface area contributed by atoms with Crippen LogP contribution in [0.5, 0.6) is 0 Å². The molecule has 102 valence electrons. The van der Waals surface area contributed by atoms with Gasteiger partial charge in [-0.05, 0) is 6.92 Å². The van der Waals surface area contributed by atoms with Gasteiger partial charge >= 0.3 is 0 Å². The fraction of sp³-hybridized carbons (Fsp3) is 0.364. The summed E-state index contributed by atoms with van der Waals surface area (Å²) in [6.07, 6.45) is 1.47. The summed E-state index contributed by atoms with van der Waals surface area (Å²) in [5, 5.41) is 18.7. The third kappa shape index (κ3) is 3.31. The van der Waals surface area contributed by atoms with Crippen molar-refractivity contribution < 1.29 is 5.11 Å². The molecule has 0 bridgehead atoms. The highest BCUT2D eigenvalue weighted by atomic mass is 35.5. The Morgan fingerprint density at radius 3 is 3.00 bits per heavy atom. The van der Waals surface area contributed by atoms with E-state index in [1.807, 2.05) is 12.3 Å². The lowest BCUT2D eigenvalue weighted by Gasteiger charge is -2.08. The van der Waals surface area contributed by atoms with E-state index in [0.29, 0.717) is 12.2 Å². The number of nitrogens with zero attached hydrogens (tertiary/aromatic N) is 3. The van der Waals surface area contributed by atoms with Gasteiger partial charge in [-0.15, -0.1) is 11.3 Å². The topological polar surface area (TPSA) is 80.0 Å². The lowest BCUT2D eigenvalue weighted by Crippen LogP contribution is -2.25. The van der Waals surface area contributed by atoms with Crippen molar-refractivity contribution in [3.05, 3.63) is 37.7 Å². The van der Waals surface area contributed by atoms with E-state index in [1.165, 1.54) is 6.20 Å². The van der Waals surface area contributed by atoms with Gasteiger partial charge in [-0.2, -0.15) is 5.10 Å². The second-order valence-corrected chi connectivity index (χ2v) is 5.28. The molecule has 0 radical (unpaired) electrons. The van der Waals surface area contributed by atoms with Crippen molar-refractivity contribution in [1.29, 1.82) is 0 Å². The Kier molecular flexibility index (Phi) is 4.52. The van der Waals surface area contributed by atoms with Crippen LogP contribution in [0.15, 0.2) is 16.4 Å². The Morgan fingerprint density at radius 1 is 1.58 bits per heavy atom. The molecule has 19 heavy (non-hydrogen) atoms. The van der Waals surface area contributed by atoms with E-state index in [-0.39, 0.29) is 18.2 Å². The third-order valence-electron chi connectivity index (χ3n) is 2.42. The number of nitrogens with one attached hydrogen (secondary N) is 1. The summed E-state index contributed by atoms with van der Waals surface area (Å²) in [6, 6.07) is 0. The minimum Gasteiger partial charge on any atom is -0.394 e. The van der Waals surface area contributed by atoms with Crippen molar-refractivity contribution in [2.45, 2.75) is 20.0 Å². The lowest BCUT2D eigenvalue weighted by atomic mass is 10.4. The molecule has 0 atom stereocenters. The second kappa shape index (κ2) is 6.14. The molecule has 0 aliphatic rings. The number of hydrogen-bond donors (Lipinski definition) is 2. The Bertz CT molecular complexity index is 625. The average Bonchev–Trinajstić information content (AvgIpc) is 2.80. The van der Waals surface area contributed by atoms with Crippen LogP contribution in [0.25, 0.3) is 0 Å². The first-order valence-corrected chi connectivity index (χ1v) is 6.89. The summed E-state index contributed by atoms with van der Waals surface area (Å²) in [4.78, 5) is 16.1. The van der Waals surface area contributed by atoms with Crippen molar-refractivity contribution in [3.63, 3.8) is 0 Å². The predicted octanol–water partition coefficient (Wildman–Crippen LogP) is 1.27. The molecular weight excluding hydrogens is 288 g/mol. The average molecular weight is 301 g/mol. The van der Waals surface area contributed by atoms with E-state index >= 15 is 0 Å². The van der Waals surface area contributed by atoms with Gasteiger partial charge in [-0.3, -0.25) is 4.79 Å². The monoisotopic (exact) mass is 300 g/mol. The number of hydrogen-bond acceptors (Lipinski definition) is 6. The number of aliphatic hydroxyl groups excluding tert-OH is 1. The van der Waals surface area contributed by atoms with Crippen LogP contribution < -0.4 is 10.9 Å². The van der Waals surface area contributed by atoms with E-state index < -0.39 is 5.56 Å². The highest BCUT2D eigenvalue weighted by Gasteiger charge is 2.09. The smallest absolute Gasteiger partial charge is 0.287 e. The summed E-state index contributed by atoms with van der Waals surface area (Å²) in [7, 11) is 0. The van der Waals surface area contributed by atoms with Crippen LogP contribution in [-0.2, 0) is 13.1 Å². The molecule has 8 heteroatoms. The fourth-order valence-electron chi connectivity index (χ4n) is 1.52. The molecule has 0 saturated heterocycles. The molecule has 0 saturated carbocycles. The number of rotatable bonds is 5. The molecule has 0 aliphatic carbocycles. The number of thiazole rings is 1. The summed E-state index contributed by atoms with van der Waals surface area (Å²) in [5.74, 6) is 0. The van der Waals surface area contributed by atoms with Gasteiger partial charge in [0.15, 0.2) is 0 Å².